The molecular formula is C42H46N4O8S. The highest BCUT2D eigenvalue weighted by Crippen LogP contribution is 2.49. The van der Waals surface area contributed by atoms with Crippen LogP contribution in [0.3, 0.4) is 0 Å². The van der Waals surface area contributed by atoms with Crippen molar-refractivity contribution < 1.29 is 41.2 Å². The number of aryl methyl sites for hydroxylation is 1. The Bertz CT molecular complexity index is 2240. The summed E-state index contributed by atoms with van der Waals surface area (Å²) < 4.78 is 42.7. The number of imide groups is 1. The largest absolute Gasteiger partial charge is 0.748 e. The second kappa shape index (κ2) is 16.9. The van der Waals surface area contributed by atoms with Crippen molar-refractivity contribution in [3.8, 4) is 0 Å². The molecule has 3 aromatic carbocycles. The molecule has 0 bridgehead atoms. The predicted molar refractivity (Wildman–Crippen MR) is 209 cm³/mol. The van der Waals surface area contributed by atoms with E-state index in [1.54, 1.807) is 0 Å². The molecule has 6 rings (SSSR count). The van der Waals surface area contributed by atoms with Gasteiger partial charge in [0.15, 0.2) is 6.54 Å². The Balaban J connectivity index is 1.15. The van der Waals surface area contributed by atoms with E-state index in [-0.39, 0.29) is 25.7 Å². The maximum Gasteiger partial charge on any atom is 0.374 e. The predicted octanol–water partition coefficient (Wildman–Crippen LogP) is 6.84. The molecule has 4 aromatic rings. The lowest BCUT2D eigenvalue weighted by Crippen LogP contribution is -2.35. The third-order valence-electron chi connectivity index (χ3n) is 10.00. The zero-order valence-electron chi connectivity index (χ0n) is 31.3. The number of nitrogens with zero attached hydrogens (tertiary/aromatic N) is 4. The average molecular weight is 767 g/mol. The number of anilines is 3. The van der Waals surface area contributed by atoms with Crippen molar-refractivity contribution in [2.45, 2.75) is 70.8 Å². The van der Waals surface area contributed by atoms with Crippen molar-refractivity contribution >= 4 is 62.1 Å². The smallest absolute Gasteiger partial charge is 0.374 e. The number of carbonyl (C=O) groups excluding carboxylic acids is 3. The molecule has 1 saturated heterocycles. The van der Waals surface area contributed by atoms with Crippen molar-refractivity contribution in [1.82, 2.24) is 5.06 Å². The Labute approximate surface area is 321 Å². The zero-order valence-corrected chi connectivity index (χ0v) is 32.2. The normalized spacial score (nSPS) is 16.3. The van der Waals surface area contributed by atoms with E-state index in [1.807, 2.05) is 79.9 Å². The van der Waals surface area contributed by atoms with Crippen LogP contribution in [0, 0.1) is 0 Å². The first-order valence-electron chi connectivity index (χ1n) is 18.5. The lowest BCUT2D eigenvalue weighted by molar-refractivity contribution is -0.678. The van der Waals surface area contributed by atoms with Gasteiger partial charge < -0.3 is 23.6 Å². The van der Waals surface area contributed by atoms with Crippen molar-refractivity contribution in [2.24, 2.45) is 0 Å². The first-order chi connectivity index (χ1) is 26.3. The minimum absolute atomic E-state index is 0.0624. The molecule has 0 saturated carbocycles. The van der Waals surface area contributed by atoms with Gasteiger partial charge in [-0.2, -0.15) is 4.57 Å². The molecular weight excluding hydrogens is 721 g/mol. The Morgan fingerprint density at radius 2 is 1.65 bits per heavy atom. The summed E-state index contributed by atoms with van der Waals surface area (Å²) in [7, 11) is -2.32. The molecule has 2 aliphatic rings. The van der Waals surface area contributed by atoms with E-state index in [0.717, 1.165) is 52.3 Å². The van der Waals surface area contributed by atoms with E-state index in [2.05, 4.69) is 58.5 Å². The Hall–Kier alpha value is -5.53. The molecule has 13 heteroatoms. The zero-order chi connectivity index (χ0) is 39.2. The highest BCUT2D eigenvalue weighted by molar-refractivity contribution is 7.85. The van der Waals surface area contributed by atoms with E-state index in [9.17, 15) is 27.4 Å². The summed E-state index contributed by atoms with van der Waals surface area (Å²) in [5, 5.41) is 0.580. The fourth-order valence-corrected chi connectivity index (χ4v) is 7.57. The topological polar surface area (TPSA) is 144 Å². The quantitative estimate of drug-likeness (QED) is 0.0391. The standard InChI is InChI=1S/C42H46N4O8S/c1-42(2)33-30-32(43(3)31-16-7-4-8-17-31)23-24-34(33)44(28-15-29-55(50,51)52)37(42)20-9-5-10-21-40-45(35-18-12-13-19-36(35)53-40)27-14-6-11-22-41(49)54-46-38(47)25-26-39(46)48/h4-5,7-10,12-13,16-21,23-24,30H,6,11,14-15,22,25-29H2,1-3H3. The van der Waals surface area contributed by atoms with Gasteiger partial charge >= 0.3 is 11.9 Å². The SMILES string of the molecule is CN(c1ccccc1)c1ccc2c(c1)C(C)(C)\C(=C/C=C/C=C/c1oc3ccccc3[n+]1CCCCCC(=O)ON1C(=O)CCC1=O)N2CCCS(=O)(=O)[O-]. The fraction of sp³-hybridized carbons (Fsp3) is 0.333. The third kappa shape index (κ3) is 9.23. The van der Waals surface area contributed by atoms with Crippen LogP contribution < -0.4 is 14.4 Å². The number of para-hydroxylation sites is 3. The fourth-order valence-electron chi connectivity index (χ4n) is 7.09. The number of amides is 2. The van der Waals surface area contributed by atoms with Crippen LogP contribution in [0.5, 0.6) is 0 Å². The number of hydrogen-bond acceptors (Lipinski definition) is 10. The Morgan fingerprint density at radius 1 is 0.927 bits per heavy atom. The number of carbonyl (C=O) groups is 3. The van der Waals surface area contributed by atoms with Gasteiger partial charge in [-0.1, -0.05) is 62.4 Å². The third-order valence-corrected chi connectivity index (χ3v) is 10.8. The van der Waals surface area contributed by atoms with Crippen molar-refractivity contribution in [2.75, 3.05) is 29.1 Å². The summed E-state index contributed by atoms with van der Waals surface area (Å²) in [4.78, 5) is 44.9. The van der Waals surface area contributed by atoms with Gasteiger partial charge in [-0.05, 0) is 67.3 Å². The first kappa shape index (κ1) is 39.2. The van der Waals surface area contributed by atoms with E-state index in [4.69, 9.17) is 9.25 Å². The van der Waals surface area contributed by atoms with E-state index < -0.39 is 39.1 Å². The molecule has 2 amide bonds. The number of unbranched alkanes of at least 4 members (excludes halogenated alkanes) is 2. The molecule has 55 heavy (non-hydrogen) atoms. The van der Waals surface area contributed by atoms with Crippen LogP contribution in [0.15, 0.2) is 107 Å². The highest BCUT2D eigenvalue weighted by Gasteiger charge is 2.40. The number of aromatic nitrogens is 1. The lowest BCUT2D eigenvalue weighted by atomic mass is 9.83. The summed E-state index contributed by atoms with van der Waals surface area (Å²) in [6.45, 7) is 5.31. The molecule has 3 heterocycles. The van der Waals surface area contributed by atoms with Crippen molar-refractivity contribution in [1.29, 1.82) is 0 Å². The van der Waals surface area contributed by atoms with E-state index in [0.29, 0.717) is 30.5 Å². The van der Waals surface area contributed by atoms with Crippen LogP contribution in [0.1, 0.15) is 70.2 Å². The van der Waals surface area contributed by atoms with Gasteiger partial charge in [-0.3, -0.25) is 9.59 Å². The van der Waals surface area contributed by atoms with Crippen LogP contribution in [0.2, 0.25) is 0 Å². The van der Waals surface area contributed by atoms with Gasteiger partial charge in [-0.25, -0.2) is 13.2 Å². The monoisotopic (exact) mass is 766 g/mol. The van der Waals surface area contributed by atoms with Gasteiger partial charge in [0, 0.05) is 79.3 Å². The molecule has 1 fully saturated rings. The summed E-state index contributed by atoms with van der Waals surface area (Å²) >= 11 is 0. The number of allylic oxidation sites excluding steroid dienone is 5. The summed E-state index contributed by atoms with van der Waals surface area (Å²) in [6.07, 6.45) is 12.1. The van der Waals surface area contributed by atoms with Crippen LogP contribution >= 0.6 is 0 Å². The number of hydroxylamine groups is 2. The minimum Gasteiger partial charge on any atom is -0.748 e. The van der Waals surface area contributed by atoms with Gasteiger partial charge in [-0.15, -0.1) is 5.06 Å². The van der Waals surface area contributed by atoms with Crippen molar-refractivity contribution in [3.05, 3.63) is 114 Å². The number of oxazole rings is 1. The average Bonchev–Trinajstić information content (AvgIpc) is 3.75. The number of benzene rings is 3. The highest BCUT2D eigenvalue weighted by atomic mass is 32.2. The summed E-state index contributed by atoms with van der Waals surface area (Å²) in [5.41, 5.74) is 6.41. The molecule has 2 aliphatic heterocycles. The first-order valence-corrected chi connectivity index (χ1v) is 20.1. The molecule has 0 radical (unpaired) electrons. The maximum absolute atomic E-state index is 12.2. The second-order valence-corrected chi connectivity index (χ2v) is 15.7. The number of hydrogen-bond donors (Lipinski definition) is 0. The van der Waals surface area contributed by atoms with Gasteiger partial charge in [0.2, 0.25) is 5.58 Å². The minimum atomic E-state index is -4.35. The van der Waals surface area contributed by atoms with Crippen LogP contribution in [-0.4, -0.2) is 55.2 Å². The molecule has 0 spiro atoms. The molecule has 0 unspecified atom stereocenters. The maximum atomic E-state index is 12.2. The van der Waals surface area contributed by atoms with Crippen LogP contribution in [0.25, 0.3) is 17.2 Å². The Kier molecular flexibility index (Phi) is 12.0. The second-order valence-electron chi connectivity index (χ2n) is 14.2. The van der Waals surface area contributed by atoms with Crippen LogP contribution in [-0.2, 0) is 41.3 Å². The summed E-state index contributed by atoms with van der Waals surface area (Å²) in [6, 6.07) is 24.2. The van der Waals surface area contributed by atoms with Crippen LogP contribution in [0.4, 0.5) is 17.1 Å². The molecule has 0 aliphatic carbocycles. The molecule has 288 valence electrons. The molecule has 0 atom stereocenters. The molecule has 0 N–H and O–H groups in total. The van der Waals surface area contributed by atoms with E-state index >= 15 is 0 Å². The molecule has 1 aromatic heterocycles. The molecule has 12 nitrogen and oxygen atoms in total. The van der Waals surface area contributed by atoms with E-state index in [1.165, 1.54) is 0 Å². The lowest BCUT2D eigenvalue weighted by Gasteiger charge is -2.27. The number of rotatable bonds is 16. The summed E-state index contributed by atoms with van der Waals surface area (Å²) in [5.74, 6) is -1.35. The Morgan fingerprint density at radius 3 is 2.40 bits per heavy atom. The van der Waals surface area contributed by atoms with Gasteiger partial charge in [0.05, 0.1) is 16.2 Å². The van der Waals surface area contributed by atoms with Gasteiger partial charge in [0.25, 0.3) is 17.3 Å². The van der Waals surface area contributed by atoms with Gasteiger partial charge in [0.1, 0.15) is 0 Å². The number of fused-ring (bicyclic) bond motifs is 2. The van der Waals surface area contributed by atoms with Crippen molar-refractivity contribution in [3.63, 3.8) is 0 Å².